The molecule has 0 aromatic rings. The standard InChI is InChI=1S/C14H25NO4.C12H23NO3/c1-5-18-12(16)9-11-7-6-8-15(10-11)13(17)19-14(2,3)4;1-12(2,3)16-11(15)13-7-4-5-10(9-13)6-8-14/h11H,5-10H2,1-4H3;10,14H,4-9H2,1-3H3/t11-;10-/m00/s1. The fourth-order valence-electron chi connectivity index (χ4n) is 4.16. The summed E-state index contributed by atoms with van der Waals surface area (Å²) in [5.41, 5.74) is -0.911. The van der Waals surface area contributed by atoms with Crippen LogP contribution in [-0.2, 0) is 19.0 Å². The molecule has 2 aliphatic heterocycles. The SMILES string of the molecule is CC(C)(C)OC(=O)N1CCC[C@@H](CCO)C1.CCOC(=O)C[C@@H]1CCCN(C(=O)OC(C)(C)C)C1. The molecule has 0 spiro atoms. The molecule has 204 valence electrons. The lowest BCUT2D eigenvalue weighted by atomic mass is 9.95. The number of aliphatic hydroxyl groups excluding tert-OH is 1. The monoisotopic (exact) mass is 500 g/mol. The van der Waals surface area contributed by atoms with Gasteiger partial charge in [-0.25, -0.2) is 9.59 Å². The molecule has 2 amide bonds. The lowest BCUT2D eigenvalue weighted by Gasteiger charge is -2.33. The number of likely N-dealkylation sites (tertiary alicyclic amines) is 2. The minimum atomic E-state index is -0.481. The number of nitrogens with zero attached hydrogens (tertiary/aromatic N) is 2. The van der Waals surface area contributed by atoms with Gasteiger partial charge in [0, 0.05) is 32.8 Å². The highest BCUT2D eigenvalue weighted by molar-refractivity contribution is 5.70. The summed E-state index contributed by atoms with van der Waals surface area (Å²) in [5.74, 6) is 0.421. The highest BCUT2D eigenvalue weighted by Gasteiger charge is 2.29. The summed E-state index contributed by atoms with van der Waals surface area (Å²) in [4.78, 5) is 38.7. The van der Waals surface area contributed by atoms with Gasteiger partial charge < -0.3 is 29.1 Å². The lowest BCUT2D eigenvalue weighted by molar-refractivity contribution is -0.144. The predicted octanol–water partition coefficient (Wildman–Crippen LogP) is 4.60. The lowest BCUT2D eigenvalue weighted by Crippen LogP contribution is -2.43. The van der Waals surface area contributed by atoms with Crippen molar-refractivity contribution in [1.29, 1.82) is 0 Å². The second-order valence-electron chi connectivity index (χ2n) is 11.4. The van der Waals surface area contributed by atoms with Gasteiger partial charge in [0.1, 0.15) is 11.2 Å². The number of amides is 2. The van der Waals surface area contributed by atoms with E-state index in [0.717, 1.165) is 45.2 Å². The minimum Gasteiger partial charge on any atom is -0.466 e. The van der Waals surface area contributed by atoms with E-state index in [1.807, 2.05) is 41.5 Å². The second kappa shape index (κ2) is 14.5. The summed E-state index contributed by atoms with van der Waals surface area (Å²) in [6, 6.07) is 0. The number of esters is 1. The third-order valence-corrected chi connectivity index (χ3v) is 5.64. The van der Waals surface area contributed by atoms with Crippen LogP contribution >= 0.6 is 0 Å². The van der Waals surface area contributed by atoms with E-state index in [0.29, 0.717) is 32.0 Å². The molecule has 9 nitrogen and oxygen atoms in total. The number of aliphatic hydroxyl groups is 1. The van der Waals surface area contributed by atoms with Crippen molar-refractivity contribution in [2.24, 2.45) is 11.8 Å². The summed E-state index contributed by atoms with van der Waals surface area (Å²) in [5, 5.41) is 8.90. The van der Waals surface area contributed by atoms with E-state index < -0.39 is 11.2 Å². The van der Waals surface area contributed by atoms with E-state index in [-0.39, 0.29) is 30.7 Å². The van der Waals surface area contributed by atoms with Crippen LogP contribution in [0.4, 0.5) is 9.59 Å². The summed E-state index contributed by atoms with van der Waals surface area (Å²) >= 11 is 0. The minimum absolute atomic E-state index is 0.181. The number of ether oxygens (including phenoxy) is 3. The molecule has 2 aliphatic rings. The Morgan fingerprint density at radius 2 is 1.29 bits per heavy atom. The summed E-state index contributed by atoms with van der Waals surface area (Å²) in [7, 11) is 0. The highest BCUT2D eigenvalue weighted by atomic mass is 16.6. The van der Waals surface area contributed by atoms with Crippen LogP contribution in [0.5, 0.6) is 0 Å². The van der Waals surface area contributed by atoms with Gasteiger partial charge in [0.15, 0.2) is 0 Å². The van der Waals surface area contributed by atoms with Crippen molar-refractivity contribution in [3.63, 3.8) is 0 Å². The van der Waals surface area contributed by atoms with Crippen LogP contribution in [0.15, 0.2) is 0 Å². The van der Waals surface area contributed by atoms with Crippen molar-refractivity contribution in [1.82, 2.24) is 9.80 Å². The van der Waals surface area contributed by atoms with Crippen molar-refractivity contribution < 1.29 is 33.7 Å². The molecule has 0 radical (unpaired) electrons. The third-order valence-electron chi connectivity index (χ3n) is 5.64. The molecule has 2 saturated heterocycles. The van der Waals surface area contributed by atoms with Gasteiger partial charge >= 0.3 is 18.2 Å². The molecule has 0 unspecified atom stereocenters. The van der Waals surface area contributed by atoms with Crippen LogP contribution in [0.2, 0.25) is 0 Å². The molecule has 0 aromatic heterocycles. The molecule has 35 heavy (non-hydrogen) atoms. The van der Waals surface area contributed by atoms with Crippen LogP contribution in [0.3, 0.4) is 0 Å². The van der Waals surface area contributed by atoms with Crippen LogP contribution in [0, 0.1) is 11.8 Å². The molecule has 2 heterocycles. The van der Waals surface area contributed by atoms with Gasteiger partial charge in [-0.05, 0) is 92.4 Å². The maximum absolute atomic E-state index is 12.0. The molecular formula is C26H48N2O7. The van der Waals surface area contributed by atoms with Gasteiger partial charge in [0.25, 0.3) is 0 Å². The van der Waals surface area contributed by atoms with Gasteiger partial charge in [-0.2, -0.15) is 0 Å². The molecule has 0 aliphatic carbocycles. The Balaban J connectivity index is 0.000000355. The van der Waals surface area contributed by atoms with Crippen LogP contribution in [-0.4, -0.2) is 83.7 Å². The van der Waals surface area contributed by atoms with E-state index in [2.05, 4.69) is 0 Å². The topological polar surface area (TPSA) is 106 Å². The van der Waals surface area contributed by atoms with Crippen molar-refractivity contribution in [3.8, 4) is 0 Å². The molecule has 2 rings (SSSR count). The van der Waals surface area contributed by atoms with E-state index in [9.17, 15) is 14.4 Å². The Hall–Kier alpha value is -2.03. The van der Waals surface area contributed by atoms with E-state index in [1.54, 1.807) is 16.7 Å². The first-order valence-corrected chi connectivity index (χ1v) is 13.0. The Bertz CT molecular complexity index is 668. The molecule has 2 atom stereocenters. The van der Waals surface area contributed by atoms with Crippen molar-refractivity contribution in [3.05, 3.63) is 0 Å². The van der Waals surface area contributed by atoms with Gasteiger partial charge in [-0.15, -0.1) is 0 Å². The first-order chi connectivity index (χ1) is 16.2. The zero-order chi connectivity index (χ0) is 26.6. The van der Waals surface area contributed by atoms with Gasteiger partial charge in [-0.3, -0.25) is 4.79 Å². The normalized spacial score (nSPS) is 20.9. The Morgan fingerprint density at radius 1 is 0.829 bits per heavy atom. The van der Waals surface area contributed by atoms with Crippen molar-refractivity contribution in [2.75, 3.05) is 39.4 Å². The average Bonchev–Trinajstić information content (AvgIpc) is 2.73. The second-order valence-corrected chi connectivity index (χ2v) is 11.4. The number of piperidine rings is 2. The maximum atomic E-state index is 12.0. The third kappa shape index (κ3) is 13.6. The number of hydrogen-bond donors (Lipinski definition) is 1. The Morgan fingerprint density at radius 3 is 1.71 bits per heavy atom. The molecule has 2 fully saturated rings. The van der Waals surface area contributed by atoms with Crippen LogP contribution in [0.25, 0.3) is 0 Å². The van der Waals surface area contributed by atoms with Gasteiger partial charge in [0.05, 0.1) is 13.0 Å². The van der Waals surface area contributed by atoms with E-state index in [1.165, 1.54) is 0 Å². The summed E-state index contributed by atoms with van der Waals surface area (Å²) in [6.07, 6.45) is 4.61. The van der Waals surface area contributed by atoms with Gasteiger partial charge in [-0.1, -0.05) is 0 Å². The van der Waals surface area contributed by atoms with Gasteiger partial charge in [0.2, 0.25) is 0 Å². The van der Waals surface area contributed by atoms with E-state index in [4.69, 9.17) is 19.3 Å². The molecule has 0 aromatic carbocycles. The smallest absolute Gasteiger partial charge is 0.410 e. The zero-order valence-corrected chi connectivity index (χ0v) is 22.9. The maximum Gasteiger partial charge on any atom is 0.410 e. The molecule has 9 heteroatoms. The number of carbonyl (C=O) groups is 3. The van der Waals surface area contributed by atoms with Crippen molar-refractivity contribution >= 4 is 18.2 Å². The van der Waals surface area contributed by atoms with Crippen LogP contribution in [0.1, 0.15) is 87.0 Å². The quantitative estimate of drug-likeness (QED) is 0.434. The number of carbonyl (C=O) groups excluding carboxylic acids is 3. The zero-order valence-electron chi connectivity index (χ0n) is 22.9. The number of rotatable bonds is 5. The Kier molecular flexibility index (Phi) is 12.9. The first-order valence-electron chi connectivity index (χ1n) is 13.0. The molecule has 0 saturated carbocycles. The average molecular weight is 501 g/mol. The van der Waals surface area contributed by atoms with Crippen molar-refractivity contribution in [2.45, 2.75) is 98.2 Å². The number of hydrogen-bond acceptors (Lipinski definition) is 7. The van der Waals surface area contributed by atoms with E-state index >= 15 is 0 Å². The molecular weight excluding hydrogens is 452 g/mol. The predicted molar refractivity (Wildman–Crippen MR) is 134 cm³/mol. The molecule has 1 N–H and O–H groups in total. The Labute approximate surface area is 211 Å². The highest BCUT2D eigenvalue weighted by Crippen LogP contribution is 2.23. The fourth-order valence-corrected chi connectivity index (χ4v) is 4.16. The van der Waals surface area contributed by atoms with Crippen LogP contribution < -0.4 is 0 Å². The summed E-state index contributed by atoms with van der Waals surface area (Å²) < 4.78 is 15.6. The fraction of sp³-hybridized carbons (Fsp3) is 0.885. The first kappa shape index (κ1) is 31.0. The largest absolute Gasteiger partial charge is 0.466 e. The molecule has 0 bridgehead atoms. The summed E-state index contributed by atoms with van der Waals surface area (Å²) in [6.45, 7) is 16.4.